The Kier molecular flexibility index (Phi) is 5.96. The number of fused-ring (bicyclic) bond motifs is 7. The van der Waals surface area contributed by atoms with Crippen LogP contribution in [-0.4, -0.2) is 42.9 Å². The van der Waals surface area contributed by atoms with Crippen LogP contribution in [0.1, 0.15) is 100 Å². The van der Waals surface area contributed by atoms with E-state index in [2.05, 4.69) is 52.5 Å². The minimum Gasteiger partial charge on any atom is -0.365 e. The summed E-state index contributed by atoms with van der Waals surface area (Å²) < 4.78 is 5.78. The fraction of sp³-hybridized carbons (Fsp3) is 0.800. The zero-order chi connectivity index (χ0) is 29.1. The molecule has 3 saturated carbocycles. The molecular weight excluding hydrogens is 496 g/mol. The molecule has 0 aromatic rings. The van der Waals surface area contributed by atoms with Crippen LogP contribution in [0.15, 0.2) is 23.3 Å². The quantitative estimate of drug-likeness (QED) is 0.377. The average Bonchev–Trinajstić information content (AvgIpc) is 3.36. The minimum atomic E-state index is -0.629. The van der Waals surface area contributed by atoms with Gasteiger partial charge in [0, 0.05) is 29.8 Å². The Balaban J connectivity index is 1.52. The number of carbonyl (C=O) groups excluding carboxylic acids is 2. The zero-order valence-electron chi connectivity index (χ0n) is 26.2. The van der Waals surface area contributed by atoms with Crippen LogP contribution in [-0.2, 0) is 14.3 Å². The summed E-state index contributed by atoms with van der Waals surface area (Å²) in [6, 6.07) is 2.23. The number of rotatable bonds is 2. The van der Waals surface area contributed by atoms with Crippen LogP contribution in [0, 0.1) is 61.1 Å². The molecule has 1 unspecified atom stereocenters. The van der Waals surface area contributed by atoms with E-state index in [4.69, 9.17) is 4.74 Å². The van der Waals surface area contributed by atoms with E-state index in [1.807, 2.05) is 26.0 Å². The molecule has 5 aliphatic carbocycles. The van der Waals surface area contributed by atoms with E-state index in [9.17, 15) is 14.9 Å². The van der Waals surface area contributed by atoms with Gasteiger partial charge in [0.2, 0.25) is 0 Å². The number of Topliss-reactive ketones (excluding diaryl/α,β-unsaturated/α-hetero) is 1. The lowest BCUT2D eigenvalue weighted by Gasteiger charge is -2.72. The molecule has 0 N–H and O–H groups in total. The number of ether oxygens (including phenoxy) is 1. The third-order valence-electron chi connectivity index (χ3n) is 14.0. The first kappa shape index (κ1) is 28.4. The number of hydrogen-bond acceptors (Lipinski definition) is 5. The van der Waals surface area contributed by atoms with Gasteiger partial charge in [-0.3, -0.25) is 14.5 Å². The predicted octanol–water partition coefficient (Wildman–Crippen LogP) is 6.89. The summed E-state index contributed by atoms with van der Waals surface area (Å²) in [5.41, 5.74) is 0.192. The number of nitriles is 1. The predicted molar refractivity (Wildman–Crippen MR) is 156 cm³/mol. The van der Waals surface area contributed by atoms with Crippen LogP contribution in [0.2, 0.25) is 0 Å². The fourth-order valence-electron chi connectivity index (χ4n) is 11.9. The van der Waals surface area contributed by atoms with Crippen LogP contribution < -0.4 is 0 Å². The number of hydrogen-bond donors (Lipinski definition) is 0. The third-order valence-corrected chi connectivity index (χ3v) is 14.0. The second-order valence-electron chi connectivity index (χ2n) is 16.9. The highest BCUT2D eigenvalue weighted by atomic mass is 16.5. The Hall–Kier alpha value is -1.77. The Labute approximate surface area is 241 Å². The monoisotopic (exact) mass is 546 g/mol. The van der Waals surface area contributed by atoms with Crippen LogP contribution in [0.4, 0.5) is 0 Å². The van der Waals surface area contributed by atoms with Gasteiger partial charge < -0.3 is 4.74 Å². The highest BCUT2D eigenvalue weighted by molar-refractivity contribution is 6.04. The molecule has 6 aliphatic rings. The summed E-state index contributed by atoms with van der Waals surface area (Å²) >= 11 is 0. The molecule has 1 aliphatic heterocycles. The van der Waals surface area contributed by atoms with Gasteiger partial charge in [0.25, 0.3) is 0 Å². The molecule has 0 amide bonds. The highest BCUT2D eigenvalue weighted by Gasteiger charge is 2.73. The molecule has 218 valence electrons. The molecule has 0 aromatic heterocycles. The highest BCUT2D eigenvalue weighted by Crippen LogP contribution is 2.77. The lowest BCUT2D eigenvalue weighted by Crippen LogP contribution is -2.69. The van der Waals surface area contributed by atoms with E-state index in [0.29, 0.717) is 12.5 Å². The third kappa shape index (κ3) is 3.39. The van der Waals surface area contributed by atoms with Gasteiger partial charge in [0.1, 0.15) is 6.07 Å². The Morgan fingerprint density at radius 1 is 0.975 bits per heavy atom. The number of ketones is 2. The second-order valence-corrected chi connectivity index (χ2v) is 16.9. The van der Waals surface area contributed by atoms with Gasteiger partial charge in [0.15, 0.2) is 11.6 Å². The maximum atomic E-state index is 14.8. The molecule has 5 heteroatoms. The second kappa shape index (κ2) is 8.41. The van der Waals surface area contributed by atoms with Gasteiger partial charge in [-0.1, -0.05) is 67.0 Å². The lowest BCUT2D eigenvalue weighted by molar-refractivity contribution is -0.211. The van der Waals surface area contributed by atoms with Gasteiger partial charge in [0.05, 0.1) is 18.9 Å². The average molecular weight is 547 g/mol. The van der Waals surface area contributed by atoms with Gasteiger partial charge >= 0.3 is 0 Å². The van der Waals surface area contributed by atoms with Crippen molar-refractivity contribution in [1.82, 2.24) is 4.90 Å². The Bertz CT molecular complexity index is 1260. The Morgan fingerprint density at radius 2 is 1.68 bits per heavy atom. The molecule has 0 bridgehead atoms. The van der Waals surface area contributed by atoms with Crippen LogP contribution in [0.3, 0.4) is 0 Å². The zero-order valence-corrected chi connectivity index (χ0v) is 26.2. The first-order valence-electron chi connectivity index (χ1n) is 15.7. The van der Waals surface area contributed by atoms with E-state index in [1.54, 1.807) is 0 Å². The summed E-state index contributed by atoms with van der Waals surface area (Å²) in [4.78, 5) is 30.6. The van der Waals surface area contributed by atoms with E-state index in [-0.39, 0.29) is 50.3 Å². The largest absolute Gasteiger partial charge is 0.365 e. The molecule has 5 nitrogen and oxygen atoms in total. The van der Waals surface area contributed by atoms with E-state index in [1.165, 1.54) is 18.4 Å². The first-order chi connectivity index (χ1) is 18.5. The topological polar surface area (TPSA) is 70.4 Å². The van der Waals surface area contributed by atoms with Gasteiger partial charge in [-0.05, 0) is 84.0 Å². The summed E-state index contributed by atoms with van der Waals surface area (Å²) in [5.74, 6) is 0.293. The molecule has 4 fully saturated rings. The summed E-state index contributed by atoms with van der Waals surface area (Å²) in [6.45, 7) is 21.9. The fourth-order valence-corrected chi connectivity index (χ4v) is 11.9. The normalized spacial score (nSPS) is 47.7. The summed E-state index contributed by atoms with van der Waals surface area (Å²) in [6.07, 6.45) is 11.5. The Morgan fingerprint density at radius 3 is 2.33 bits per heavy atom. The smallest absolute Gasteiger partial charge is 0.178 e. The maximum Gasteiger partial charge on any atom is 0.178 e. The van der Waals surface area contributed by atoms with Crippen molar-refractivity contribution in [2.45, 2.75) is 100 Å². The standard InChI is InChI=1S/C35H50N2O3/c1-29(2)11-13-35(21-37-15-16-40-22-37)14-12-33(7)27(34(35,8)20-29)24(38)17-26-31(5)18-23(19-36)28(39)30(3,4)25(31)9-10-32(26,33)6/h17-18,25,27H,9-16,20-22H2,1-8H3/t25?,27-,31-,32+,33+,34-,35+/m0/s1. The van der Waals surface area contributed by atoms with Crippen LogP contribution in [0.25, 0.3) is 0 Å². The van der Waals surface area contributed by atoms with Crippen LogP contribution in [0.5, 0.6) is 0 Å². The molecule has 6 rings (SSSR count). The van der Waals surface area contributed by atoms with E-state index < -0.39 is 10.8 Å². The summed E-state index contributed by atoms with van der Waals surface area (Å²) in [5, 5.41) is 9.97. The van der Waals surface area contributed by atoms with Crippen molar-refractivity contribution in [2.24, 2.45) is 49.7 Å². The van der Waals surface area contributed by atoms with Crippen LogP contribution >= 0.6 is 0 Å². The molecule has 1 heterocycles. The van der Waals surface area contributed by atoms with Crippen molar-refractivity contribution in [3.8, 4) is 6.07 Å². The molecule has 1 saturated heterocycles. The van der Waals surface area contributed by atoms with Crippen molar-refractivity contribution in [1.29, 1.82) is 5.26 Å². The molecule has 0 aromatic carbocycles. The number of allylic oxidation sites excluding steroid dienone is 4. The number of carbonyl (C=O) groups is 2. The SMILES string of the molecule is CC1(C)CC[C@]2(CN3CCOC3)CC[C@]3(C)[C@H](C(=O)C=C4[C@@]5(C)C=C(C#N)C(=O)C(C)(C)C5CC[C@]43C)[C@]2(C)C1. The van der Waals surface area contributed by atoms with Gasteiger partial charge in [-0.25, -0.2) is 0 Å². The first-order valence-corrected chi connectivity index (χ1v) is 15.7. The van der Waals surface area contributed by atoms with Crippen molar-refractivity contribution in [3.63, 3.8) is 0 Å². The van der Waals surface area contributed by atoms with Crippen molar-refractivity contribution in [3.05, 3.63) is 23.3 Å². The minimum absolute atomic E-state index is 0.0385. The van der Waals surface area contributed by atoms with Crippen molar-refractivity contribution >= 4 is 11.6 Å². The van der Waals surface area contributed by atoms with Crippen molar-refractivity contribution in [2.75, 3.05) is 26.4 Å². The number of nitrogens with zero attached hydrogens (tertiary/aromatic N) is 2. The molecule has 0 spiro atoms. The van der Waals surface area contributed by atoms with E-state index >= 15 is 0 Å². The molecule has 40 heavy (non-hydrogen) atoms. The van der Waals surface area contributed by atoms with Gasteiger partial charge in [-0.2, -0.15) is 5.26 Å². The molecule has 7 atom stereocenters. The van der Waals surface area contributed by atoms with Gasteiger partial charge in [-0.15, -0.1) is 0 Å². The molecular formula is C35H50N2O3. The van der Waals surface area contributed by atoms with E-state index in [0.717, 1.165) is 51.8 Å². The maximum absolute atomic E-state index is 14.8. The van der Waals surface area contributed by atoms with Crippen molar-refractivity contribution < 1.29 is 14.3 Å². The lowest BCUT2D eigenvalue weighted by atomic mass is 9.31. The molecule has 0 radical (unpaired) electrons. The summed E-state index contributed by atoms with van der Waals surface area (Å²) in [7, 11) is 0.